The number of aromatic nitrogens is 3. The van der Waals surface area contributed by atoms with Crippen LogP contribution in [0.5, 0.6) is 0 Å². The molecular weight excluding hydrogens is 498 g/mol. The molecule has 206 valence electrons. The molecule has 2 aromatic carbocycles. The van der Waals surface area contributed by atoms with Crippen molar-refractivity contribution in [2.75, 3.05) is 51.6 Å². The van der Waals surface area contributed by atoms with Gasteiger partial charge in [-0.2, -0.15) is 0 Å². The zero-order valence-corrected chi connectivity index (χ0v) is 22.3. The van der Waals surface area contributed by atoms with Gasteiger partial charge in [0.05, 0.1) is 29.0 Å². The average molecular weight is 534 g/mol. The third kappa shape index (κ3) is 6.15. The number of rotatable bonds is 9. The Bertz CT molecular complexity index is 1510. The molecule has 0 spiro atoms. The number of hydrogen-bond donors (Lipinski definition) is 1. The number of hydrogen-bond acceptors (Lipinski definition) is 9. The van der Waals surface area contributed by atoms with E-state index in [0.717, 1.165) is 28.6 Å². The molecule has 0 aliphatic rings. The van der Waals surface area contributed by atoms with Gasteiger partial charge in [-0.25, -0.2) is 14.8 Å². The summed E-state index contributed by atoms with van der Waals surface area (Å²) in [7, 11) is 9.04. The first-order valence-corrected chi connectivity index (χ1v) is 12.0. The van der Waals surface area contributed by atoms with Crippen LogP contribution >= 0.6 is 0 Å². The number of ether oxygens (including phenoxy) is 1. The normalized spacial score (nSPS) is 10.8. The summed E-state index contributed by atoms with van der Waals surface area (Å²) in [6.07, 6.45) is 3.56. The zero-order chi connectivity index (χ0) is 27.6. The van der Waals surface area contributed by atoms with Gasteiger partial charge in [-0.1, -0.05) is 7.43 Å². The molecule has 11 nitrogen and oxygen atoms in total. The summed E-state index contributed by atoms with van der Waals surface area (Å²) in [6, 6.07) is 10.5. The third-order valence-corrected chi connectivity index (χ3v) is 6.40. The fourth-order valence-corrected chi connectivity index (χ4v) is 4.27. The van der Waals surface area contributed by atoms with Crippen LogP contribution in [0.15, 0.2) is 48.8 Å². The third-order valence-electron chi connectivity index (χ3n) is 6.40. The molecule has 0 radical (unpaired) electrons. The Morgan fingerprint density at radius 3 is 2.56 bits per heavy atom. The van der Waals surface area contributed by atoms with Crippen molar-refractivity contribution in [2.45, 2.75) is 14.4 Å². The highest BCUT2D eigenvalue weighted by atomic mass is 16.6. The molecule has 0 fully saturated rings. The second-order valence-electron chi connectivity index (χ2n) is 9.41. The van der Waals surface area contributed by atoms with Gasteiger partial charge < -0.3 is 24.4 Å². The van der Waals surface area contributed by atoms with Crippen LogP contribution in [0.2, 0.25) is 0 Å². The lowest BCUT2D eigenvalue weighted by molar-refractivity contribution is -0.384. The van der Waals surface area contributed by atoms with Gasteiger partial charge in [-0.15, -0.1) is 0 Å². The van der Waals surface area contributed by atoms with Gasteiger partial charge in [0.25, 0.3) is 5.69 Å². The molecule has 1 N–H and O–H groups in total. The lowest BCUT2D eigenvalue weighted by atomic mass is 10.1. The van der Waals surface area contributed by atoms with Crippen molar-refractivity contribution in [1.29, 1.82) is 0 Å². The second kappa shape index (κ2) is 11.9. The second-order valence-corrected chi connectivity index (χ2v) is 9.41. The van der Waals surface area contributed by atoms with Gasteiger partial charge in [0.2, 0.25) is 5.95 Å². The number of esters is 1. The highest BCUT2D eigenvalue weighted by Crippen LogP contribution is 2.35. The standard InChI is InChI=1S/C27H31N7O4.CH4/c1-17-13-24(32(4)12-11-31(2)3)25(34(36)37)15-22(17)30-27-28-10-9-21(29-27)20-16-33(5)23-8-7-18(14-19(20)23)26(35)38-6;/h7-10,13-16H,11-12H2,1-6H3,(H,28,29,30);1H4. The predicted octanol–water partition coefficient (Wildman–Crippen LogP) is 5.02. The summed E-state index contributed by atoms with van der Waals surface area (Å²) in [5.74, 6) is -0.116. The summed E-state index contributed by atoms with van der Waals surface area (Å²) in [6.45, 7) is 3.30. The van der Waals surface area contributed by atoms with Crippen LogP contribution in [0.3, 0.4) is 0 Å². The lowest BCUT2D eigenvalue weighted by Crippen LogP contribution is -2.29. The number of nitrogens with one attached hydrogen (secondary N) is 1. The highest BCUT2D eigenvalue weighted by molar-refractivity contribution is 6.00. The smallest absolute Gasteiger partial charge is 0.337 e. The largest absolute Gasteiger partial charge is 0.465 e. The van der Waals surface area contributed by atoms with Crippen molar-refractivity contribution >= 4 is 39.9 Å². The fraction of sp³-hybridized carbons (Fsp3) is 0.321. The minimum atomic E-state index is -0.417. The number of fused-ring (bicyclic) bond motifs is 1. The van der Waals surface area contributed by atoms with E-state index in [1.165, 1.54) is 13.2 Å². The molecule has 0 bridgehead atoms. The Kier molecular flexibility index (Phi) is 8.87. The molecule has 0 saturated heterocycles. The first-order chi connectivity index (χ1) is 18.1. The van der Waals surface area contributed by atoms with E-state index in [4.69, 9.17) is 4.74 Å². The quantitative estimate of drug-likeness (QED) is 0.180. The molecule has 0 saturated carbocycles. The van der Waals surface area contributed by atoms with Gasteiger partial charge in [-0.05, 0) is 56.9 Å². The van der Waals surface area contributed by atoms with E-state index >= 15 is 0 Å². The Balaban J connectivity index is 0.00000420. The Morgan fingerprint density at radius 1 is 1.15 bits per heavy atom. The van der Waals surface area contributed by atoms with E-state index in [2.05, 4.69) is 15.3 Å². The monoisotopic (exact) mass is 533 g/mol. The van der Waals surface area contributed by atoms with Crippen LogP contribution < -0.4 is 10.2 Å². The van der Waals surface area contributed by atoms with Crippen molar-refractivity contribution in [3.8, 4) is 11.3 Å². The van der Waals surface area contributed by atoms with E-state index in [1.807, 2.05) is 61.7 Å². The molecule has 4 aromatic rings. The number of aryl methyl sites for hydroxylation is 2. The number of anilines is 3. The predicted molar refractivity (Wildman–Crippen MR) is 155 cm³/mol. The van der Waals surface area contributed by atoms with E-state index in [9.17, 15) is 14.9 Å². The number of benzene rings is 2. The Hall–Kier alpha value is -4.51. The number of nitro benzene ring substituents is 1. The van der Waals surface area contributed by atoms with Crippen molar-refractivity contribution < 1.29 is 14.5 Å². The maximum Gasteiger partial charge on any atom is 0.337 e. The van der Waals surface area contributed by atoms with Crippen molar-refractivity contribution in [1.82, 2.24) is 19.4 Å². The van der Waals surface area contributed by atoms with Crippen LogP contribution in [0.25, 0.3) is 22.2 Å². The molecule has 4 rings (SSSR count). The molecule has 0 amide bonds. The minimum absolute atomic E-state index is 0. The Labute approximate surface area is 228 Å². The summed E-state index contributed by atoms with van der Waals surface area (Å²) < 4.78 is 6.83. The zero-order valence-electron chi connectivity index (χ0n) is 22.3. The molecule has 2 heterocycles. The van der Waals surface area contributed by atoms with E-state index in [1.54, 1.807) is 30.5 Å². The molecule has 0 unspecified atom stereocenters. The summed E-state index contributed by atoms with van der Waals surface area (Å²) >= 11 is 0. The minimum Gasteiger partial charge on any atom is -0.465 e. The summed E-state index contributed by atoms with van der Waals surface area (Å²) in [5.41, 5.74) is 4.75. The van der Waals surface area contributed by atoms with Gasteiger partial charge in [0.15, 0.2) is 0 Å². The molecule has 11 heteroatoms. The van der Waals surface area contributed by atoms with Crippen LogP contribution in [0.4, 0.5) is 23.0 Å². The van der Waals surface area contributed by atoms with Crippen molar-refractivity contribution in [3.63, 3.8) is 0 Å². The van der Waals surface area contributed by atoms with Gasteiger partial charge in [0.1, 0.15) is 5.69 Å². The van der Waals surface area contributed by atoms with Crippen LogP contribution in [-0.4, -0.2) is 71.7 Å². The number of carbonyl (C=O) groups is 1. The highest BCUT2D eigenvalue weighted by Gasteiger charge is 2.21. The maximum atomic E-state index is 12.1. The number of likely N-dealkylation sites (N-methyl/N-ethyl adjacent to an activating group) is 2. The SMILES string of the molecule is C.COC(=O)c1ccc2c(c1)c(-c1ccnc(Nc3cc([N+](=O)[O-])c(N(C)CCN(C)C)cc3C)n1)cn2C. The van der Waals surface area contributed by atoms with Gasteiger partial charge in [-0.3, -0.25) is 10.1 Å². The molecule has 0 aliphatic carbocycles. The summed E-state index contributed by atoms with van der Waals surface area (Å²) in [5, 5.41) is 15.9. The first kappa shape index (κ1) is 29.1. The molecular formula is C28H35N7O4. The van der Waals surface area contributed by atoms with Crippen molar-refractivity contribution in [3.05, 3.63) is 70.0 Å². The molecule has 2 aromatic heterocycles. The van der Waals surface area contributed by atoms with E-state index < -0.39 is 5.97 Å². The van der Waals surface area contributed by atoms with Crippen molar-refractivity contribution in [2.24, 2.45) is 7.05 Å². The maximum absolute atomic E-state index is 12.1. The number of nitrogens with zero attached hydrogens (tertiary/aromatic N) is 6. The molecule has 0 aliphatic heterocycles. The number of nitro groups is 1. The fourth-order valence-electron chi connectivity index (χ4n) is 4.27. The van der Waals surface area contributed by atoms with Gasteiger partial charge in [0, 0.05) is 62.1 Å². The first-order valence-electron chi connectivity index (χ1n) is 12.0. The van der Waals surface area contributed by atoms with E-state index in [0.29, 0.717) is 35.1 Å². The number of carbonyl (C=O) groups excluding carboxylic acids is 1. The van der Waals surface area contributed by atoms with Crippen LogP contribution in [0.1, 0.15) is 23.3 Å². The molecule has 0 atom stereocenters. The lowest BCUT2D eigenvalue weighted by Gasteiger charge is -2.22. The van der Waals surface area contributed by atoms with E-state index in [-0.39, 0.29) is 18.0 Å². The van der Waals surface area contributed by atoms with Crippen LogP contribution in [-0.2, 0) is 11.8 Å². The number of methoxy groups -OCH3 is 1. The summed E-state index contributed by atoms with van der Waals surface area (Å²) in [4.78, 5) is 36.6. The van der Waals surface area contributed by atoms with Gasteiger partial charge >= 0.3 is 5.97 Å². The Morgan fingerprint density at radius 2 is 1.90 bits per heavy atom. The van der Waals surface area contributed by atoms with Crippen LogP contribution in [0, 0.1) is 17.0 Å². The molecule has 39 heavy (non-hydrogen) atoms. The topological polar surface area (TPSA) is 119 Å². The average Bonchev–Trinajstić information content (AvgIpc) is 3.23.